The fourth-order valence-corrected chi connectivity index (χ4v) is 2.06. The predicted octanol–water partition coefficient (Wildman–Crippen LogP) is 2.49. The average molecular weight is 360 g/mol. The second-order valence-electron chi connectivity index (χ2n) is 5.23. The molecule has 0 bridgehead atoms. The van der Waals surface area contributed by atoms with Gasteiger partial charge >= 0.3 is 5.97 Å². The number of amides is 1. The number of methoxy groups -OCH3 is 1. The lowest BCUT2D eigenvalue weighted by Gasteiger charge is -2.15. The minimum absolute atomic E-state index is 0.0759. The molecule has 1 unspecified atom stereocenters. The van der Waals surface area contributed by atoms with Gasteiger partial charge in [0.1, 0.15) is 11.5 Å². The molecule has 0 fully saturated rings. The third-order valence-corrected chi connectivity index (χ3v) is 3.39. The van der Waals surface area contributed by atoms with Gasteiger partial charge in [0.2, 0.25) is 0 Å². The van der Waals surface area contributed by atoms with Crippen LogP contribution in [0.25, 0.3) is 0 Å². The van der Waals surface area contributed by atoms with E-state index in [9.17, 15) is 24.8 Å². The number of carbonyl (C=O) groups excluding carboxylic acids is 2. The van der Waals surface area contributed by atoms with Crippen LogP contribution in [0.1, 0.15) is 17.3 Å². The second-order valence-corrected chi connectivity index (χ2v) is 5.23. The van der Waals surface area contributed by atoms with E-state index in [-0.39, 0.29) is 28.4 Å². The van der Waals surface area contributed by atoms with Crippen LogP contribution < -0.4 is 10.1 Å². The van der Waals surface area contributed by atoms with Crippen molar-refractivity contribution in [3.8, 4) is 11.5 Å². The van der Waals surface area contributed by atoms with E-state index in [1.807, 2.05) is 0 Å². The van der Waals surface area contributed by atoms with Crippen molar-refractivity contribution in [1.82, 2.24) is 0 Å². The first kappa shape index (κ1) is 18.7. The van der Waals surface area contributed by atoms with Gasteiger partial charge in [-0.15, -0.1) is 0 Å². The summed E-state index contributed by atoms with van der Waals surface area (Å²) >= 11 is 0. The number of rotatable bonds is 6. The Morgan fingerprint density at radius 3 is 2.58 bits per heavy atom. The van der Waals surface area contributed by atoms with Crippen molar-refractivity contribution in [3.63, 3.8) is 0 Å². The van der Waals surface area contributed by atoms with Crippen molar-refractivity contribution in [3.05, 3.63) is 58.1 Å². The van der Waals surface area contributed by atoms with Gasteiger partial charge in [0.25, 0.3) is 11.6 Å². The third-order valence-electron chi connectivity index (χ3n) is 3.39. The first-order valence-corrected chi connectivity index (χ1v) is 7.45. The molecule has 0 saturated heterocycles. The number of ether oxygens (including phenoxy) is 2. The standard InChI is InChI=1S/C17H16N2O7/c1-10(26-17(22)11-4-3-5-13(20)8-11)16(21)18-14-9-12(19(23)24)6-7-15(14)25-2/h3-10,20H,1-2H3,(H,18,21). The molecule has 2 aromatic carbocycles. The molecule has 2 N–H and O–H groups in total. The maximum absolute atomic E-state index is 12.2. The summed E-state index contributed by atoms with van der Waals surface area (Å²) in [4.78, 5) is 34.5. The number of anilines is 1. The fourth-order valence-electron chi connectivity index (χ4n) is 2.06. The van der Waals surface area contributed by atoms with E-state index in [1.165, 1.54) is 50.4 Å². The number of benzene rings is 2. The highest BCUT2D eigenvalue weighted by Gasteiger charge is 2.21. The summed E-state index contributed by atoms with van der Waals surface area (Å²) in [6.45, 7) is 1.35. The number of nitro benzene ring substituents is 1. The minimum Gasteiger partial charge on any atom is -0.508 e. The highest BCUT2D eigenvalue weighted by Crippen LogP contribution is 2.29. The van der Waals surface area contributed by atoms with Gasteiger partial charge in [-0.05, 0) is 31.2 Å². The topological polar surface area (TPSA) is 128 Å². The van der Waals surface area contributed by atoms with E-state index in [1.54, 1.807) is 0 Å². The molecule has 0 saturated carbocycles. The number of hydrogen-bond donors (Lipinski definition) is 2. The molecule has 0 heterocycles. The number of nitrogens with one attached hydrogen (secondary N) is 1. The summed E-state index contributed by atoms with van der Waals surface area (Å²) < 4.78 is 10.1. The monoisotopic (exact) mass is 360 g/mol. The average Bonchev–Trinajstić information content (AvgIpc) is 2.61. The molecule has 0 spiro atoms. The van der Waals surface area contributed by atoms with E-state index < -0.39 is 22.9 Å². The molecular weight excluding hydrogens is 344 g/mol. The Bertz CT molecular complexity index is 851. The molecule has 0 aliphatic heterocycles. The number of phenolic OH excluding ortho intramolecular Hbond substituents is 1. The summed E-state index contributed by atoms with van der Waals surface area (Å²) in [7, 11) is 1.35. The number of aromatic hydroxyl groups is 1. The van der Waals surface area contributed by atoms with Gasteiger partial charge in [0.15, 0.2) is 6.10 Å². The molecule has 1 atom stereocenters. The van der Waals surface area contributed by atoms with Crippen molar-refractivity contribution in [2.45, 2.75) is 13.0 Å². The number of non-ortho nitro benzene ring substituents is 1. The van der Waals surface area contributed by atoms with Gasteiger partial charge in [-0.2, -0.15) is 0 Å². The van der Waals surface area contributed by atoms with Crippen LogP contribution in [0, 0.1) is 10.1 Å². The molecule has 2 rings (SSSR count). The van der Waals surface area contributed by atoms with Crippen LogP contribution >= 0.6 is 0 Å². The van der Waals surface area contributed by atoms with Crippen molar-refractivity contribution in [2.24, 2.45) is 0 Å². The summed E-state index contributed by atoms with van der Waals surface area (Å²) in [6, 6.07) is 9.20. The first-order valence-electron chi connectivity index (χ1n) is 7.45. The Morgan fingerprint density at radius 2 is 1.96 bits per heavy atom. The summed E-state index contributed by atoms with van der Waals surface area (Å²) in [5.41, 5.74) is -0.0740. The number of esters is 1. The van der Waals surface area contributed by atoms with Gasteiger partial charge in [-0.25, -0.2) is 4.79 Å². The van der Waals surface area contributed by atoms with Crippen molar-refractivity contribution in [1.29, 1.82) is 0 Å². The molecular formula is C17H16N2O7. The molecule has 136 valence electrons. The number of phenols is 1. The van der Waals surface area contributed by atoms with Gasteiger partial charge in [-0.1, -0.05) is 6.07 Å². The van der Waals surface area contributed by atoms with Gasteiger partial charge in [0, 0.05) is 12.1 Å². The molecule has 0 aliphatic carbocycles. The lowest BCUT2D eigenvalue weighted by atomic mass is 10.2. The van der Waals surface area contributed by atoms with Gasteiger partial charge < -0.3 is 19.9 Å². The van der Waals surface area contributed by atoms with Crippen LogP contribution in [-0.2, 0) is 9.53 Å². The number of nitro groups is 1. The highest BCUT2D eigenvalue weighted by molar-refractivity contribution is 5.98. The normalized spacial score (nSPS) is 11.3. The third kappa shape index (κ3) is 4.47. The molecule has 0 aliphatic rings. The fraction of sp³-hybridized carbons (Fsp3) is 0.176. The van der Waals surface area contributed by atoms with Gasteiger partial charge in [-0.3, -0.25) is 14.9 Å². The maximum atomic E-state index is 12.2. The van der Waals surface area contributed by atoms with Crippen molar-refractivity contribution >= 4 is 23.3 Å². The van der Waals surface area contributed by atoms with Crippen molar-refractivity contribution in [2.75, 3.05) is 12.4 Å². The zero-order valence-electron chi connectivity index (χ0n) is 14.0. The number of nitrogens with zero attached hydrogens (tertiary/aromatic N) is 1. The van der Waals surface area contributed by atoms with Crippen LogP contribution in [0.4, 0.5) is 11.4 Å². The minimum atomic E-state index is -1.19. The zero-order valence-corrected chi connectivity index (χ0v) is 14.0. The zero-order chi connectivity index (χ0) is 19.3. The molecule has 0 radical (unpaired) electrons. The summed E-state index contributed by atoms with van der Waals surface area (Å²) in [5, 5.41) is 22.7. The van der Waals surface area contributed by atoms with Gasteiger partial charge in [0.05, 0.1) is 23.3 Å². The highest BCUT2D eigenvalue weighted by atomic mass is 16.6. The van der Waals surface area contributed by atoms with Crippen LogP contribution in [0.2, 0.25) is 0 Å². The second kappa shape index (κ2) is 7.97. The first-order chi connectivity index (χ1) is 12.3. The Balaban J connectivity index is 2.10. The molecule has 0 aromatic heterocycles. The van der Waals surface area contributed by atoms with Crippen molar-refractivity contribution < 1.29 is 29.1 Å². The van der Waals surface area contributed by atoms with E-state index in [0.717, 1.165) is 6.07 Å². The molecule has 1 amide bonds. The SMILES string of the molecule is COc1ccc([N+](=O)[O-])cc1NC(=O)C(C)OC(=O)c1cccc(O)c1. The Morgan fingerprint density at radius 1 is 1.23 bits per heavy atom. The summed E-state index contributed by atoms with van der Waals surface area (Å²) in [6.07, 6.45) is -1.19. The van der Waals surface area contributed by atoms with E-state index in [2.05, 4.69) is 5.32 Å². The van der Waals surface area contributed by atoms with Crippen LogP contribution in [0.5, 0.6) is 11.5 Å². The molecule has 26 heavy (non-hydrogen) atoms. The number of carbonyl (C=O) groups is 2. The molecule has 9 heteroatoms. The Labute approximate surface area is 148 Å². The van der Waals surface area contributed by atoms with Crippen LogP contribution in [0.15, 0.2) is 42.5 Å². The quantitative estimate of drug-likeness (QED) is 0.460. The predicted molar refractivity (Wildman–Crippen MR) is 91.3 cm³/mol. The largest absolute Gasteiger partial charge is 0.508 e. The van der Waals surface area contributed by atoms with Crippen LogP contribution in [0.3, 0.4) is 0 Å². The van der Waals surface area contributed by atoms with Crippen LogP contribution in [-0.4, -0.2) is 35.1 Å². The van der Waals surface area contributed by atoms with E-state index >= 15 is 0 Å². The Kier molecular flexibility index (Phi) is 5.74. The maximum Gasteiger partial charge on any atom is 0.339 e. The molecule has 9 nitrogen and oxygen atoms in total. The Hall–Kier alpha value is -3.62. The van der Waals surface area contributed by atoms with E-state index in [4.69, 9.17) is 9.47 Å². The lowest BCUT2D eigenvalue weighted by molar-refractivity contribution is -0.384. The smallest absolute Gasteiger partial charge is 0.339 e. The summed E-state index contributed by atoms with van der Waals surface area (Å²) in [5.74, 6) is -1.39. The lowest BCUT2D eigenvalue weighted by Crippen LogP contribution is -2.30. The van der Waals surface area contributed by atoms with E-state index in [0.29, 0.717) is 0 Å². The number of hydrogen-bond acceptors (Lipinski definition) is 7. The molecule has 2 aromatic rings.